The van der Waals surface area contributed by atoms with E-state index in [1.807, 2.05) is 27.8 Å². The van der Waals surface area contributed by atoms with Crippen molar-refractivity contribution in [2.45, 2.75) is 44.2 Å². The van der Waals surface area contributed by atoms with Crippen molar-refractivity contribution in [3.05, 3.63) is 129 Å². The number of rotatable bonds is 7. The molecule has 1 unspecified atom stereocenters. The minimum absolute atomic E-state index is 0.0574. The highest BCUT2D eigenvalue weighted by molar-refractivity contribution is 6.03. The Hall–Kier alpha value is -5.39. The van der Waals surface area contributed by atoms with Gasteiger partial charge in [0.1, 0.15) is 17.3 Å². The molecule has 8 rings (SSSR count). The molecule has 1 saturated heterocycles. The molecule has 3 aliphatic rings. The first-order chi connectivity index (χ1) is 21.9. The molecule has 5 aromatic rings. The second kappa shape index (κ2) is 10.7. The fraction of sp³-hybridized carbons (Fsp3) is 0.242. The summed E-state index contributed by atoms with van der Waals surface area (Å²) in [6.45, 7) is 1.07. The first-order valence-corrected chi connectivity index (χ1v) is 14.8. The standard InChI is InChI=1S/C33H27F2N7O3/c34-21-6-3-18(4-7-21)5-10-24-27(31-39-40-33(44)45-31)26(28-29(38-24)25-2-1-12-42(25)32(28)43)20-14-19-11-13-41(30(19)37-15-20)17-23-9-8-22(35)16-36-23/h3-4,6-9,11,13-16,25-26,38H,1-2,5,10,12,17H2,(H,40,44)/t25-,26?/m0/s1. The van der Waals surface area contributed by atoms with Crippen LogP contribution in [-0.2, 0) is 17.8 Å². The zero-order chi connectivity index (χ0) is 30.7. The van der Waals surface area contributed by atoms with Gasteiger partial charge in [0, 0.05) is 47.2 Å². The molecular formula is C33H27F2N7O3. The number of nitrogens with zero attached hydrogens (tertiary/aromatic N) is 5. The van der Waals surface area contributed by atoms with Crippen LogP contribution in [-0.4, -0.2) is 48.1 Å². The monoisotopic (exact) mass is 607 g/mol. The van der Waals surface area contributed by atoms with Crippen LogP contribution in [0.25, 0.3) is 16.6 Å². The Kier molecular flexibility index (Phi) is 6.43. The maximum atomic E-state index is 14.0. The van der Waals surface area contributed by atoms with Gasteiger partial charge in [-0.25, -0.2) is 23.7 Å². The van der Waals surface area contributed by atoms with Crippen LogP contribution in [0, 0.1) is 11.6 Å². The van der Waals surface area contributed by atoms with Crippen LogP contribution in [0.5, 0.6) is 0 Å². The maximum absolute atomic E-state index is 14.0. The number of aromatic amines is 1. The van der Waals surface area contributed by atoms with Crippen molar-refractivity contribution in [2.24, 2.45) is 0 Å². The Morgan fingerprint density at radius 3 is 2.58 bits per heavy atom. The van der Waals surface area contributed by atoms with E-state index in [9.17, 15) is 18.4 Å². The SMILES string of the molecule is O=C1C2=C(NC(CCc3ccc(F)cc3)=C(c3n[nH]c(=O)o3)C2c2cnc3c(ccn3Cc3ccc(F)cn3)c2)[C@@H]2CCCN12. The van der Waals surface area contributed by atoms with Crippen molar-refractivity contribution in [3.63, 3.8) is 0 Å². The Labute approximate surface area is 255 Å². The predicted molar refractivity (Wildman–Crippen MR) is 159 cm³/mol. The number of fused-ring (bicyclic) bond motifs is 3. The van der Waals surface area contributed by atoms with E-state index in [2.05, 4.69) is 20.5 Å². The molecular weight excluding hydrogens is 580 g/mol. The van der Waals surface area contributed by atoms with Gasteiger partial charge >= 0.3 is 5.76 Å². The highest BCUT2D eigenvalue weighted by Gasteiger charge is 2.49. The number of carbonyl (C=O) groups excluding carboxylic acids is 1. The number of aryl methyl sites for hydroxylation is 1. The van der Waals surface area contributed by atoms with Crippen molar-refractivity contribution < 1.29 is 18.0 Å². The normalized spacial score (nSPS) is 19.4. The molecule has 4 aromatic heterocycles. The number of benzene rings is 1. The smallest absolute Gasteiger partial charge is 0.388 e. The lowest BCUT2D eigenvalue weighted by atomic mass is 9.79. The van der Waals surface area contributed by atoms with E-state index in [1.54, 1.807) is 24.4 Å². The van der Waals surface area contributed by atoms with E-state index in [4.69, 9.17) is 9.40 Å². The number of nitrogens with one attached hydrogen (secondary N) is 2. The van der Waals surface area contributed by atoms with Gasteiger partial charge in [0.25, 0.3) is 5.91 Å². The molecule has 0 bridgehead atoms. The van der Waals surface area contributed by atoms with Crippen molar-refractivity contribution in [3.8, 4) is 0 Å². The minimum Gasteiger partial charge on any atom is -0.388 e. The molecule has 0 saturated carbocycles. The number of H-pyrrole nitrogens is 1. The lowest BCUT2D eigenvalue weighted by molar-refractivity contribution is -0.126. The lowest BCUT2D eigenvalue weighted by Crippen LogP contribution is -2.32. The summed E-state index contributed by atoms with van der Waals surface area (Å²) in [6.07, 6.45) is 7.68. The molecule has 2 N–H and O–H groups in total. The number of hydrogen-bond acceptors (Lipinski definition) is 7. The van der Waals surface area contributed by atoms with Crippen LogP contribution < -0.4 is 11.1 Å². The quantitative estimate of drug-likeness (QED) is 0.281. The van der Waals surface area contributed by atoms with Gasteiger partial charge < -0.3 is 19.2 Å². The van der Waals surface area contributed by atoms with Crippen LogP contribution in [0.15, 0.2) is 93.3 Å². The zero-order valence-electron chi connectivity index (χ0n) is 24.0. The third kappa shape index (κ3) is 4.73. The van der Waals surface area contributed by atoms with Crippen molar-refractivity contribution in [1.29, 1.82) is 0 Å². The summed E-state index contributed by atoms with van der Waals surface area (Å²) in [4.78, 5) is 37.1. The fourth-order valence-corrected chi connectivity index (χ4v) is 6.84. The summed E-state index contributed by atoms with van der Waals surface area (Å²) in [6, 6.07) is 13.2. The van der Waals surface area contributed by atoms with Gasteiger partial charge in [0.05, 0.1) is 30.1 Å². The molecule has 226 valence electrons. The summed E-state index contributed by atoms with van der Waals surface area (Å²) < 4.78 is 34.5. The van der Waals surface area contributed by atoms with Crippen molar-refractivity contribution in [2.75, 3.05) is 6.54 Å². The number of hydrogen-bond donors (Lipinski definition) is 2. The number of halogens is 2. The number of aromatic nitrogens is 5. The Morgan fingerprint density at radius 2 is 1.80 bits per heavy atom. The number of amides is 1. The average Bonchev–Trinajstić information content (AvgIpc) is 3.84. The van der Waals surface area contributed by atoms with Crippen LogP contribution in [0.4, 0.5) is 8.78 Å². The molecule has 45 heavy (non-hydrogen) atoms. The summed E-state index contributed by atoms with van der Waals surface area (Å²) >= 11 is 0. The lowest BCUT2D eigenvalue weighted by Gasteiger charge is -2.30. The van der Waals surface area contributed by atoms with Crippen LogP contribution in [0.2, 0.25) is 0 Å². The van der Waals surface area contributed by atoms with E-state index in [1.165, 1.54) is 24.4 Å². The van der Waals surface area contributed by atoms with E-state index >= 15 is 0 Å². The highest BCUT2D eigenvalue weighted by Crippen LogP contribution is 2.49. The minimum atomic E-state index is -0.702. The van der Waals surface area contributed by atoms with Gasteiger partial charge in [-0.15, -0.1) is 5.10 Å². The summed E-state index contributed by atoms with van der Waals surface area (Å²) in [5.41, 5.74) is 5.91. The molecule has 2 atom stereocenters. The van der Waals surface area contributed by atoms with Crippen molar-refractivity contribution in [1.82, 2.24) is 34.9 Å². The Bertz CT molecular complexity index is 2080. The van der Waals surface area contributed by atoms with Gasteiger partial charge in [0.2, 0.25) is 5.89 Å². The molecule has 0 radical (unpaired) electrons. The molecule has 1 aromatic carbocycles. The van der Waals surface area contributed by atoms with Gasteiger partial charge in [-0.3, -0.25) is 9.78 Å². The molecule has 7 heterocycles. The third-order valence-corrected chi connectivity index (χ3v) is 8.88. The van der Waals surface area contributed by atoms with Crippen LogP contribution >= 0.6 is 0 Å². The fourth-order valence-electron chi connectivity index (χ4n) is 6.84. The molecule has 0 spiro atoms. The van der Waals surface area contributed by atoms with Gasteiger partial charge in [-0.05, 0) is 73.2 Å². The van der Waals surface area contributed by atoms with E-state index in [-0.39, 0.29) is 23.7 Å². The summed E-state index contributed by atoms with van der Waals surface area (Å²) in [5.74, 6) is -1.97. The molecule has 1 fully saturated rings. The first kappa shape index (κ1) is 27.2. The second-order valence-corrected chi connectivity index (χ2v) is 11.6. The van der Waals surface area contributed by atoms with Gasteiger partial charge in [-0.2, -0.15) is 0 Å². The number of pyridine rings is 2. The number of carbonyl (C=O) groups is 1. The Morgan fingerprint density at radius 1 is 0.956 bits per heavy atom. The van der Waals surface area contributed by atoms with Crippen LogP contribution in [0.3, 0.4) is 0 Å². The summed E-state index contributed by atoms with van der Waals surface area (Å²) in [7, 11) is 0. The second-order valence-electron chi connectivity index (χ2n) is 11.6. The Balaban J connectivity index is 1.24. The van der Waals surface area contributed by atoms with Crippen LogP contribution in [0.1, 0.15) is 47.9 Å². The maximum Gasteiger partial charge on any atom is 0.434 e. The van der Waals surface area contributed by atoms with E-state index in [0.29, 0.717) is 48.4 Å². The molecule has 12 heteroatoms. The van der Waals surface area contributed by atoms with Gasteiger partial charge in [0.15, 0.2) is 0 Å². The average molecular weight is 608 g/mol. The van der Waals surface area contributed by atoms with Gasteiger partial charge in [-0.1, -0.05) is 12.1 Å². The number of allylic oxidation sites excluding steroid dienone is 2. The van der Waals surface area contributed by atoms with E-state index in [0.717, 1.165) is 40.7 Å². The molecule has 10 nitrogen and oxygen atoms in total. The third-order valence-electron chi connectivity index (χ3n) is 8.88. The molecule has 3 aliphatic heterocycles. The summed E-state index contributed by atoms with van der Waals surface area (Å²) in [5, 5.41) is 11.0. The van der Waals surface area contributed by atoms with Crippen molar-refractivity contribution >= 4 is 22.5 Å². The highest BCUT2D eigenvalue weighted by atomic mass is 19.1. The molecule has 1 amide bonds. The first-order valence-electron chi connectivity index (χ1n) is 14.8. The number of dihydropyridines is 1. The van der Waals surface area contributed by atoms with E-state index < -0.39 is 17.5 Å². The molecule has 0 aliphatic carbocycles. The predicted octanol–water partition coefficient (Wildman–Crippen LogP) is 4.42. The topological polar surface area (TPSA) is 122 Å². The zero-order valence-corrected chi connectivity index (χ0v) is 24.0. The largest absolute Gasteiger partial charge is 0.434 e.